The van der Waals surface area contributed by atoms with Gasteiger partial charge in [-0.15, -0.1) is 0 Å². The van der Waals surface area contributed by atoms with Crippen molar-refractivity contribution in [3.63, 3.8) is 0 Å². The van der Waals surface area contributed by atoms with Crippen LogP contribution < -0.4 is 20.1 Å². The predicted molar refractivity (Wildman–Crippen MR) is 101 cm³/mol. The zero-order chi connectivity index (χ0) is 19.7. The lowest BCUT2D eigenvalue weighted by atomic mass is 10.1. The molecule has 2 unspecified atom stereocenters. The van der Waals surface area contributed by atoms with Gasteiger partial charge in [0.1, 0.15) is 0 Å². The zero-order valence-electron chi connectivity index (χ0n) is 15.4. The number of nitrogens with one attached hydrogen (secondary N) is 2. The van der Waals surface area contributed by atoms with Crippen LogP contribution in [0.15, 0.2) is 42.5 Å². The first-order valence-corrected chi connectivity index (χ1v) is 9.09. The first-order valence-electron chi connectivity index (χ1n) is 9.09. The van der Waals surface area contributed by atoms with E-state index in [4.69, 9.17) is 9.47 Å². The highest BCUT2D eigenvalue weighted by molar-refractivity contribution is 6.01. The molecule has 2 aromatic carbocycles. The van der Waals surface area contributed by atoms with Crippen molar-refractivity contribution in [2.75, 3.05) is 12.1 Å². The van der Waals surface area contributed by atoms with E-state index in [2.05, 4.69) is 10.6 Å². The average molecular weight is 380 g/mol. The van der Waals surface area contributed by atoms with Crippen LogP contribution in [-0.4, -0.2) is 24.4 Å². The molecule has 1 saturated carbocycles. The minimum atomic E-state index is -0.349. The van der Waals surface area contributed by atoms with E-state index in [9.17, 15) is 14.4 Å². The molecule has 7 nitrogen and oxygen atoms in total. The number of ketones is 1. The number of hydrogen-bond donors (Lipinski definition) is 2. The van der Waals surface area contributed by atoms with Crippen molar-refractivity contribution in [2.45, 2.75) is 19.9 Å². The van der Waals surface area contributed by atoms with Crippen LogP contribution in [0.2, 0.25) is 0 Å². The van der Waals surface area contributed by atoms with Gasteiger partial charge in [-0.3, -0.25) is 14.4 Å². The molecule has 4 rings (SSSR count). The molecule has 1 fully saturated rings. The van der Waals surface area contributed by atoms with E-state index < -0.39 is 0 Å². The molecule has 0 spiro atoms. The minimum Gasteiger partial charge on any atom is -0.454 e. The lowest BCUT2D eigenvalue weighted by Crippen LogP contribution is -2.27. The second-order valence-corrected chi connectivity index (χ2v) is 6.98. The van der Waals surface area contributed by atoms with Gasteiger partial charge < -0.3 is 20.1 Å². The van der Waals surface area contributed by atoms with E-state index in [-0.39, 0.29) is 36.2 Å². The molecule has 1 aliphatic carbocycles. The Labute approximate surface area is 162 Å². The Bertz CT molecular complexity index is 956. The van der Waals surface area contributed by atoms with Crippen molar-refractivity contribution in [3.05, 3.63) is 53.6 Å². The van der Waals surface area contributed by atoms with Crippen molar-refractivity contribution >= 4 is 23.3 Å². The van der Waals surface area contributed by atoms with Crippen molar-refractivity contribution < 1.29 is 23.9 Å². The standard InChI is InChI=1S/C21H20N2O5/c1-12(24)14-3-2-4-15(8-14)23-21(26)17-9-16(17)20(25)22-10-13-5-6-18-19(7-13)28-11-27-18/h2-8,16-17H,9-11H2,1H3,(H,22,25)(H,23,26). The number of Topliss-reactive ketones (excluding diaryl/α,β-unsaturated/α-hetero) is 1. The second kappa shape index (κ2) is 7.34. The number of hydrogen-bond acceptors (Lipinski definition) is 5. The quantitative estimate of drug-likeness (QED) is 0.751. The highest BCUT2D eigenvalue weighted by Gasteiger charge is 2.47. The van der Waals surface area contributed by atoms with Crippen molar-refractivity contribution in [2.24, 2.45) is 11.8 Å². The van der Waals surface area contributed by atoms with Gasteiger partial charge in [0.25, 0.3) is 0 Å². The van der Waals surface area contributed by atoms with Gasteiger partial charge in [-0.05, 0) is 43.2 Å². The van der Waals surface area contributed by atoms with E-state index in [1.54, 1.807) is 24.3 Å². The fourth-order valence-corrected chi connectivity index (χ4v) is 3.20. The summed E-state index contributed by atoms with van der Waals surface area (Å²) in [6.07, 6.45) is 0.519. The number of rotatable bonds is 6. The third-order valence-electron chi connectivity index (χ3n) is 4.90. The summed E-state index contributed by atoms with van der Waals surface area (Å²) in [6, 6.07) is 12.3. The molecule has 1 aliphatic heterocycles. The van der Waals surface area contributed by atoms with E-state index in [0.29, 0.717) is 35.7 Å². The number of amides is 2. The normalized spacial score (nSPS) is 19.0. The minimum absolute atomic E-state index is 0.0664. The van der Waals surface area contributed by atoms with Crippen LogP contribution in [0.5, 0.6) is 11.5 Å². The summed E-state index contributed by atoms with van der Waals surface area (Å²) < 4.78 is 10.6. The Hall–Kier alpha value is -3.35. The number of carbonyl (C=O) groups is 3. The van der Waals surface area contributed by atoms with Crippen molar-refractivity contribution in [1.82, 2.24) is 5.32 Å². The first kappa shape index (κ1) is 18.0. The Morgan fingerprint density at radius 1 is 1.00 bits per heavy atom. The van der Waals surface area contributed by atoms with Crippen molar-refractivity contribution in [1.29, 1.82) is 0 Å². The molecule has 28 heavy (non-hydrogen) atoms. The molecule has 2 amide bonds. The molecule has 0 bridgehead atoms. The lowest BCUT2D eigenvalue weighted by Gasteiger charge is -2.07. The molecule has 2 atom stereocenters. The third kappa shape index (κ3) is 3.83. The first-order chi connectivity index (χ1) is 13.5. The van der Waals surface area contributed by atoms with E-state index in [1.807, 2.05) is 18.2 Å². The highest BCUT2D eigenvalue weighted by Crippen LogP contribution is 2.39. The summed E-state index contributed by atoms with van der Waals surface area (Å²) in [5.41, 5.74) is 2.00. The number of fused-ring (bicyclic) bond motifs is 1. The van der Waals surface area contributed by atoms with Crippen LogP contribution >= 0.6 is 0 Å². The highest BCUT2D eigenvalue weighted by atomic mass is 16.7. The summed E-state index contributed by atoms with van der Waals surface area (Å²) in [5.74, 6) is 0.274. The number of carbonyl (C=O) groups excluding carboxylic acids is 3. The third-order valence-corrected chi connectivity index (χ3v) is 4.90. The fraction of sp³-hybridized carbons (Fsp3) is 0.286. The Morgan fingerprint density at radius 2 is 1.79 bits per heavy atom. The summed E-state index contributed by atoms with van der Waals surface area (Å²) >= 11 is 0. The maximum atomic E-state index is 12.4. The topological polar surface area (TPSA) is 93.7 Å². The molecule has 0 aromatic heterocycles. The monoisotopic (exact) mass is 380 g/mol. The Morgan fingerprint density at radius 3 is 2.61 bits per heavy atom. The van der Waals surface area contributed by atoms with Gasteiger partial charge in [-0.1, -0.05) is 18.2 Å². The predicted octanol–water partition coefficient (Wildman–Crippen LogP) is 2.51. The molecule has 144 valence electrons. The van der Waals surface area contributed by atoms with E-state index in [1.165, 1.54) is 6.92 Å². The van der Waals surface area contributed by atoms with Gasteiger partial charge in [-0.2, -0.15) is 0 Å². The Balaban J connectivity index is 1.28. The van der Waals surface area contributed by atoms with Crippen LogP contribution in [0.25, 0.3) is 0 Å². The average Bonchev–Trinajstić information content (AvgIpc) is 3.36. The summed E-state index contributed by atoms with van der Waals surface area (Å²) in [6.45, 7) is 2.04. The van der Waals surface area contributed by atoms with Crippen LogP contribution in [0.4, 0.5) is 5.69 Å². The molecule has 0 radical (unpaired) electrons. The Kier molecular flexibility index (Phi) is 4.73. The number of ether oxygens (including phenoxy) is 2. The molecule has 0 saturated heterocycles. The molecular weight excluding hydrogens is 360 g/mol. The molecule has 7 heteroatoms. The smallest absolute Gasteiger partial charge is 0.231 e. The van der Waals surface area contributed by atoms with Gasteiger partial charge in [0.15, 0.2) is 17.3 Å². The van der Waals surface area contributed by atoms with Crippen LogP contribution in [0.3, 0.4) is 0 Å². The molecular formula is C21H20N2O5. The van der Waals surface area contributed by atoms with Crippen molar-refractivity contribution in [3.8, 4) is 11.5 Å². The molecule has 2 aromatic rings. The number of benzene rings is 2. The van der Waals surface area contributed by atoms with E-state index in [0.717, 1.165) is 5.56 Å². The summed E-state index contributed by atoms with van der Waals surface area (Å²) in [4.78, 5) is 36.1. The van der Waals surface area contributed by atoms with Gasteiger partial charge in [0.05, 0.1) is 11.8 Å². The molecule has 1 heterocycles. The number of anilines is 1. The van der Waals surface area contributed by atoms with Gasteiger partial charge in [0.2, 0.25) is 18.6 Å². The maximum absolute atomic E-state index is 12.4. The maximum Gasteiger partial charge on any atom is 0.231 e. The SMILES string of the molecule is CC(=O)c1cccc(NC(=O)C2CC2C(=O)NCc2ccc3c(c2)OCO3)c1. The van der Waals surface area contributed by atoms with Gasteiger partial charge >= 0.3 is 0 Å². The van der Waals surface area contributed by atoms with Gasteiger partial charge in [-0.25, -0.2) is 0 Å². The second-order valence-electron chi connectivity index (χ2n) is 6.98. The summed E-state index contributed by atoms with van der Waals surface area (Å²) in [7, 11) is 0. The fourth-order valence-electron chi connectivity index (χ4n) is 3.20. The summed E-state index contributed by atoms with van der Waals surface area (Å²) in [5, 5.41) is 5.65. The van der Waals surface area contributed by atoms with Crippen LogP contribution in [0, 0.1) is 11.8 Å². The largest absolute Gasteiger partial charge is 0.454 e. The van der Waals surface area contributed by atoms with Crippen LogP contribution in [-0.2, 0) is 16.1 Å². The van der Waals surface area contributed by atoms with Crippen LogP contribution in [0.1, 0.15) is 29.3 Å². The zero-order valence-corrected chi connectivity index (χ0v) is 15.4. The molecule has 2 N–H and O–H groups in total. The molecule has 2 aliphatic rings. The lowest BCUT2D eigenvalue weighted by molar-refractivity contribution is -0.125. The van der Waals surface area contributed by atoms with E-state index >= 15 is 0 Å². The van der Waals surface area contributed by atoms with Gasteiger partial charge in [0, 0.05) is 17.8 Å².